The Morgan fingerprint density at radius 3 is 1.97 bits per heavy atom. The lowest BCUT2D eigenvalue weighted by molar-refractivity contribution is 0.0600. The molecule has 0 atom stereocenters. The average Bonchev–Trinajstić information content (AvgIpc) is 3.34. The number of carbonyl (C=O) groups excluding carboxylic acids is 2. The van der Waals surface area contributed by atoms with Crippen molar-refractivity contribution in [1.29, 1.82) is 0 Å². The number of benzene rings is 3. The van der Waals surface area contributed by atoms with Crippen LogP contribution in [-0.4, -0.2) is 41.1 Å². The molecule has 0 spiro atoms. The van der Waals surface area contributed by atoms with Gasteiger partial charge in [-0.3, -0.25) is 4.79 Å². The smallest absolute Gasteiger partial charge is 0.337 e. The Balaban J connectivity index is 1.43. The zero-order valence-electron chi connectivity index (χ0n) is 17.7. The molecule has 0 aliphatic carbocycles. The maximum absolute atomic E-state index is 12.8. The molecule has 0 N–H and O–H groups in total. The molecule has 0 radical (unpaired) electrons. The maximum atomic E-state index is 12.8. The van der Waals surface area contributed by atoms with E-state index >= 15 is 0 Å². The monoisotopic (exact) mass is 427 g/mol. The molecule has 3 aromatic carbocycles. The molecule has 1 amide bonds. The van der Waals surface area contributed by atoms with Crippen LogP contribution < -0.4 is 0 Å². The van der Waals surface area contributed by atoms with Crippen LogP contribution in [0.5, 0.6) is 0 Å². The number of methoxy groups -OCH3 is 1. The van der Waals surface area contributed by atoms with Gasteiger partial charge in [0.1, 0.15) is 0 Å². The van der Waals surface area contributed by atoms with Crippen molar-refractivity contribution in [2.24, 2.45) is 0 Å². The molecule has 1 heterocycles. The van der Waals surface area contributed by atoms with Gasteiger partial charge < -0.3 is 14.1 Å². The van der Waals surface area contributed by atoms with Crippen molar-refractivity contribution in [2.75, 3.05) is 14.2 Å². The van der Waals surface area contributed by atoms with Crippen LogP contribution >= 0.6 is 0 Å². The van der Waals surface area contributed by atoms with E-state index in [9.17, 15) is 9.59 Å². The molecule has 7 nitrogen and oxygen atoms in total. The molecule has 0 saturated heterocycles. The highest BCUT2D eigenvalue weighted by molar-refractivity contribution is 5.94. The summed E-state index contributed by atoms with van der Waals surface area (Å²) < 4.78 is 10.5. The van der Waals surface area contributed by atoms with Crippen molar-refractivity contribution < 1.29 is 18.7 Å². The predicted molar refractivity (Wildman–Crippen MR) is 119 cm³/mol. The van der Waals surface area contributed by atoms with Gasteiger partial charge in [-0.05, 0) is 54.1 Å². The Bertz CT molecular complexity index is 1220. The summed E-state index contributed by atoms with van der Waals surface area (Å²) in [7, 11) is 3.07. The standard InChI is InChI=1S/C25H21N3O4/c1-28(16-17-8-10-21(11-9-17)25(30)31-2)24(29)20-14-12-19(13-15-20)23-27-26-22(32-23)18-6-4-3-5-7-18/h3-15H,16H2,1-2H3. The molecular formula is C25H21N3O4. The first-order valence-electron chi connectivity index (χ1n) is 9.97. The first-order chi connectivity index (χ1) is 15.5. The van der Waals surface area contributed by atoms with Crippen molar-refractivity contribution >= 4 is 11.9 Å². The fourth-order valence-corrected chi connectivity index (χ4v) is 3.22. The molecule has 4 aromatic rings. The molecule has 160 valence electrons. The molecular weight excluding hydrogens is 406 g/mol. The second-order valence-electron chi connectivity index (χ2n) is 7.21. The largest absolute Gasteiger partial charge is 0.465 e. The topological polar surface area (TPSA) is 85.5 Å². The SMILES string of the molecule is COC(=O)c1ccc(CN(C)C(=O)c2ccc(-c3nnc(-c4ccccc4)o3)cc2)cc1. The number of hydrogen-bond acceptors (Lipinski definition) is 6. The van der Waals surface area contributed by atoms with Gasteiger partial charge in [0.15, 0.2) is 0 Å². The molecule has 0 aliphatic rings. The van der Waals surface area contributed by atoms with Crippen molar-refractivity contribution in [2.45, 2.75) is 6.54 Å². The highest BCUT2D eigenvalue weighted by atomic mass is 16.5. The predicted octanol–water partition coefficient (Wildman–Crippen LogP) is 4.46. The summed E-state index contributed by atoms with van der Waals surface area (Å²) in [6, 6.07) is 23.6. The van der Waals surface area contributed by atoms with Crippen molar-refractivity contribution in [1.82, 2.24) is 15.1 Å². The summed E-state index contributed by atoms with van der Waals surface area (Å²) in [5.41, 5.74) is 3.50. The highest BCUT2D eigenvalue weighted by Crippen LogP contribution is 2.24. The van der Waals surface area contributed by atoms with Crippen molar-refractivity contribution in [3.8, 4) is 22.9 Å². The van der Waals surface area contributed by atoms with E-state index in [1.54, 1.807) is 60.5 Å². The Kier molecular flexibility index (Phi) is 6.07. The second kappa shape index (κ2) is 9.26. The van der Waals surface area contributed by atoms with Gasteiger partial charge in [0.2, 0.25) is 11.8 Å². The molecule has 0 fully saturated rings. The van der Waals surface area contributed by atoms with Crippen molar-refractivity contribution in [3.63, 3.8) is 0 Å². The number of rotatable bonds is 6. The lowest BCUT2D eigenvalue weighted by atomic mass is 10.1. The third-order valence-electron chi connectivity index (χ3n) is 4.97. The van der Waals surface area contributed by atoms with Crippen LogP contribution in [0.25, 0.3) is 22.9 Å². The minimum absolute atomic E-state index is 0.121. The van der Waals surface area contributed by atoms with Crippen LogP contribution in [0.4, 0.5) is 0 Å². The van der Waals surface area contributed by atoms with E-state index < -0.39 is 5.97 Å². The molecule has 0 bridgehead atoms. The van der Waals surface area contributed by atoms with Gasteiger partial charge in [-0.25, -0.2) is 4.79 Å². The molecule has 0 saturated carbocycles. The third-order valence-corrected chi connectivity index (χ3v) is 4.97. The number of nitrogens with zero attached hydrogens (tertiary/aromatic N) is 3. The van der Waals surface area contributed by atoms with Crippen LogP contribution in [0.2, 0.25) is 0 Å². The summed E-state index contributed by atoms with van der Waals surface area (Å²) in [6.45, 7) is 0.409. The summed E-state index contributed by atoms with van der Waals surface area (Å²) in [6.07, 6.45) is 0. The Hall–Kier alpha value is -4.26. The van der Waals surface area contributed by atoms with E-state index in [-0.39, 0.29) is 5.91 Å². The Labute approximate surface area is 185 Å². The van der Waals surface area contributed by atoms with Gasteiger partial charge in [0, 0.05) is 30.3 Å². The highest BCUT2D eigenvalue weighted by Gasteiger charge is 2.15. The molecule has 32 heavy (non-hydrogen) atoms. The minimum Gasteiger partial charge on any atom is -0.465 e. The van der Waals surface area contributed by atoms with Gasteiger partial charge in [-0.1, -0.05) is 30.3 Å². The summed E-state index contributed by atoms with van der Waals surface area (Å²) in [5.74, 6) is 0.322. The van der Waals surface area contributed by atoms with Crippen LogP contribution in [-0.2, 0) is 11.3 Å². The molecule has 1 aromatic heterocycles. The minimum atomic E-state index is -0.391. The number of esters is 1. The summed E-state index contributed by atoms with van der Waals surface area (Å²) in [4.78, 5) is 26.0. The zero-order chi connectivity index (χ0) is 22.5. The van der Waals surface area contributed by atoms with Crippen LogP contribution in [0.1, 0.15) is 26.3 Å². The van der Waals surface area contributed by atoms with Crippen LogP contribution in [0.15, 0.2) is 83.3 Å². The average molecular weight is 427 g/mol. The van der Waals surface area contributed by atoms with Crippen molar-refractivity contribution in [3.05, 3.63) is 95.6 Å². The molecule has 4 rings (SSSR count). The van der Waals surface area contributed by atoms with E-state index in [1.807, 2.05) is 30.3 Å². The number of amides is 1. The summed E-state index contributed by atoms with van der Waals surface area (Å²) >= 11 is 0. The van der Waals surface area contributed by atoms with Gasteiger partial charge in [-0.15, -0.1) is 10.2 Å². The summed E-state index contributed by atoms with van der Waals surface area (Å²) in [5, 5.41) is 8.21. The van der Waals surface area contributed by atoms with E-state index in [2.05, 4.69) is 10.2 Å². The van der Waals surface area contributed by atoms with Crippen LogP contribution in [0.3, 0.4) is 0 Å². The van der Waals surface area contributed by atoms with Crippen LogP contribution in [0, 0.1) is 0 Å². The zero-order valence-corrected chi connectivity index (χ0v) is 17.7. The van der Waals surface area contributed by atoms with E-state index in [4.69, 9.17) is 9.15 Å². The van der Waals surface area contributed by atoms with E-state index in [0.717, 1.165) is 16.7 Å². The molecule has 7 heteroatoms. The number of carbonyl (C=O) groups is 2. The third kappa shape index (κ3) is 4.57. The van der Waals surface area contributed by atoms with E-state index in [0.29, 0.717) is 29.5 Å². The fourth-order valence-electron chi connectivity index (χ4n) is 3.22. The molecule has 0 unspecified atom stereocenters. The quantitative estimate of drug-likeness (QED) is 0.422. The number of aromatic nitrogens is 2. The number of ether oxygens (including phenoxy) is 1. The second-order valence-corrected chi connectivity index (χ2v) is 7.21. The first kappa shape index (κ1) is 21.0. The van der Waals surface area contributed by atoms with Gasteiger partial charge in [0.05, 0.1) is 12.7 Å². The van der Waals surface area contributed by atoms with Gasteiger partial charge >= 0.3 is 5.97 Å². The normalized spacial score (nSPS) is 10.6. The van der Waals surface area contributed by atoms with E-state index in [1.165, 1.54) is 7.11 Å². The first-order valence-corrected chi connectivity index (χ1v) is 9.97. The van der Waals surface area contributed by atoms with Gasteiger partial charge in [-0.2, -0.15) is 0 Å². The molecule has 0 aliphatic heterocycles. The lowest BCUT2D eigenvalue weighted by Gasteiger charge is -2.17. The maximum Gasteiger partial charge on any atom is 0.337 e. The Morgan fingerprint density at radius 2 is 1.38 bits per heavy atom. The number of hydrogen-bond donors (Lipinski definition) is 0. The lowest BCUT2D eigenvalue weighted by Crippen LogP contribution is -2.26. The Morgan fingerprint density at radius 1 is 0.812 bits per heavy atom. The van der Waals surface area contributed by atoms with Gasteiger partial charge in [0.25, 0.3) is 5.91 Å². The fraction of sp³-hybridized carbons (Fsp3) is 0.120.